The first-order valence-electron chi connectivity index (χ1n) is 7.37. The molecule has 0 radical (unpaired) electrons. The fraction of sp³-hybridized carbons (Fsp3) is 0.294. The van der Waals surface area contributed by atoms with Gasteiger partial charge >= 0.3 is 0 Å². The van der Waals surface area contributed by atoms with Gasteiger partial charge in [0.05, 0.1) is 11.9 Å². The van der Waals surface area contributed by atoms with Crippen LogP contribution in [0.25, 0.3) is 0 Å². The third-order valence-electron chi connectivity index (χ3n) is 3.25. The van der Waals surface area contributed by atoms with Crippen molar-refractivity contribution < 1.29 is 4.79 Å². The van der Waals surface area contributed by atoms with Crippen LogP contribution >= 0.6 is 15.9 Å². The molecule has 0 saturated heterocycles. The van der Waals surface area contributed by atoms with Gasteiger partial charge in [0.2, 0.25) is 5.91 Å². The lowest BCUT2D eigenvalue weighted by Crippen LogP contribution is -2.12. The first-order chi connectivity index (χ1) is 10.6. The van der Waals surface area contributed by atoms with Gasteiger partial charge in [-0.05, 0) is 43.2 Å². The molecule has 4 nitrogen and oxygen atoms in total. The first kappa shape index (κ1) is 16.5. The number of aromatic nitrogens is 1. The molecule has 2 rings (SSSR count). The number of rotatable bonds is 6. The Morgan fingerprint density at radius 3 is 2.64 bits per heavy atom. The number of carbonyl (C=O) groups is 1. The van der Waals surface area contributed by atoms with Crippen molar-refractivity contribution in [3.63, 3.8) is 0 Å². The molecule has 1 heterocycles. The Morgan fingerprint density at radius 2 is 2.00 bits per heavy atom. The summed E-state index contributed by atoms with van der Waals surface area (Å²) < 4.78 is 1.06. The molecular formula is C17H20BrN3O. The van der Waals surface area contributed by atoms with Crippen LogP contribution in [0.2, 0.25) is 0 Å². The molecule has 116 valence electrons. The molecular weight excluding hydrogens is 342 g/mol. The van der Waals surface area contributed by atoms with Gasteiger partial charge in [-0.3, -0.25) is 4.79 Å². The summed E-state index contributed by atoms with van der Waals surface area (Å²) in [4.78, 5) is 15.9. The van der Waals surface area contributed by atoms with E-state index < -0.39 is 0 Å². The summed E-state index contributed by atoms with van der Waals surface area (Å²) in [6.45, 7) is 4.11. The Labute approximate surface area is 139 Å². The number of pyridine rings is 1. The molecule has 1 amide bonds. The normalized spacial score (nSPS) is 10.3. The number of aryl methyl sites for hydroxylation is 1. The highest BCUT2D eigenvalue weighted by Gasteiger charge is 2.03. The van der Waals surface area contributed by atoms with Crippen LogP contribution in [0.1, 0.15) is 31.7 Å². The second kappa shape index (κ2) is 7.94. The number of nitrogens with one attached hydrogen (secondary N) is 2. The maximum absolute atomic E-state index is 11.6. The minimum Gasteiger partial charge on any atom is -0.354 e. The van der Waals surface area contributed by atoms with E-state index in [2.05, 4.69) is 38.5 Å². The molecule has 0 saturated carbocycles. The van der Waals surface area contributed by atoms with Crippen LogP contribution in [-0.4, -0.2) is 10.9 Å². The van der Waals surface area contributed by atoms with Crippen LogP contribution in [0.3, 0.4) is 0 Å². The molecule has 2 aromatic rings. The van der Waals surface area contributed by atoms with Crippen molar-refractivity contribution in [2.45, 2.75) is 33.1 Å². The van der Waals surface area contributed by atoms with Crippen molar-refractivity contribution in [3.05, 3.63) is 46.6 Å². The van der Waals surface area contributed by atoms with Crippen molar-refractivity contribution >= 4 is 39.0 Å². The van der Waals surface area contributed by atoms with Crippen LogP contribution < -0.4 is 10.6 Å². The fourth-order valence-electron chi connectivity index (χ4n) is 1.92. The average Bonchev–Trinajstić information content (AvgIpc) is 2.51. The van der Waals surface area contributed by atoms with Gasteiger partial charge in [-0.15, -0.1) is 0 Å². The molecule has 0 aliphatic carbocycles. The number of anilines is 3. The molecule has 0 atom stereocenters. The standard InChI is InChI=1S/C17H20BrN3O/c1-3-4-5-17(22)21-16-9-8-14(11-19-16)20-13-7-6-12(2)15(18)10-13/h6-11,20H,3-5H2,1-2H3,(H,19,21,22). The molecule has 0 aliphatic heterocycles. The molecule has 1 aromatic heterocycles. The van der Waals surface area contributed by atoms with Crippen molar-refractivity contribution in [1.29, 1.82) is 0 Å². The molecule has 0 bridgehead atoms. The van der Waals surface area contributed by atoms with E-state index in [0.29, 0.717) is 12.2 Å². The van der Waals surface area contributed by atoms with Crippen LogP contribution in [0.4, 0.5) is 17.2 Å². The predicted molar refractivity (Wildman–Crippen MR) is 94.6 cm³/mol. The van der Waals surface area contributed by atoms with Crippen molar-refractivity contribution in [2.24, 2.45) is 0 Å². The SMILES string of the molecule is CCCCC(=O)Nc1ccc(Nc2ccc(C)c(Br)c2)cn1. The van der Waals surface area contributed by atoms with Gasteiger partial charge in [0.25, 0.3) is 0 Å². The molecule has 5 heteroatoms. The first-order valence-corrected chi connectivity index (χ1v) is 8.17. The lowest BCUT2D eigenvalue weighted by atomic mass is 10.2. The summed E-state index contributed by atoms with van der Waals surface area (Å²) in [6, 6.07) is 9.78. The van der Waals surface area contributed by atoms with E-state index >= 15 is 0 Å². The number of hydrogen-bond acceptors (Lipinski definition) is 3. The zero-order chi connectivity index (χ0) is 15.9. The van der Waals surface area contributed by atoms with E-state index in [1.165, 1.54) is 5.56 Å². The second-order valence-corrected chi connectivity index (χ2v) is 6.03. The van der Waals surface area contributed by atoms with Gasteiger partial charge in [0.15, 0.2) is 0 Å². The van der Waals surface area contributed by atoms with Crippen molar-refractivity contribution in [3.8, 4) is 0 Å². The highest BCUT2D eigenvalue weighted by molar-refractivity contribution is 9.10. The molecule has 2 N–H and O–H groups in total. The largest absolute Gasteiger partial charge is 0.354 e. The topological polar surface area (TPSA) is 54.0 Å². The Balaban J connectivity index is 1.96. The number of benzene rings is 1. The third-order valence-corrected chi connectivity index (χ3v) is 4.10. The van der Waals surface area contributed by atoms with Gasteiger partial charge in [0.1, 0.15) is 5.82 Å². The van der Waals surface area contributed by atoms with Crippen LogP contribution in [-0.2, 0) is 4.79 Å². The van der Waals surface area contributed by atoms with Crippen LogP contribution in [0.15, 0.2) is 41.0 Å². The number of amides is 1. The number of halogens is 1. The molecule has 0 unspecified atom stereocenters. The van der Waals surface area contributed by atoms with Crippen molar-refractivity contribution in [1.82, 2.24) is 4.98 Å². The lowest BCUT2D eigenvalue weighted by molar-refractivity contribution is -0.116. The summed E-state index contributed by atoms with van der Waals surface area (Å²) >= 11 is 3.52. The predicted octanol–water partition coefficient (Wildman–Crippen LogP) is 5.02. The van der Waals surface area contributed by atoms with E-state index in [-0.39, 0.29) is 5.91 Å². The summed E-state index contributed by atoms with van der Waals surface area (Å²) in [5.41, 5.74) is 3.05. The average molecular weight is 362 g/mol. The van der Waals surface area contributed by atoms with Gasteiger partial charge < -0.3 is 10.6 Å². The maximum atomic E-state index is 11.6. The van der Waals surface area contributed by atoms with Crippen molar-refractivity contribution in [2.75, 3.05) is 10.6 Å². The van der Waals surface area contributed by atoms with Gasteiger partial charge in [0, 0.05) is 16.6 Å². The van der Waals surface area contributed by atoms with E-state index in [9.17, 15) is 4.79 Å². The zero-order valence-corrected chi connectivity index (χ0v) is 14.4. The molecule has 0 aliphatic rings. The second-order valence-electron chi connectivity index (χ2n) is 5.17. The highest BCUT2D eigenvalue weighted by Crippen LogP contribution is 2.23. The minimum absolute atomic E-state index is 0.0116. The number of carbonyl (C=O) groups excluding carboxylic acids is 1. The van der Waals surface area contributed by atoms with E-state index in [1.54, 1.807) is 12.3 Å². The number of nitrogens with zero attached hydrogens (tertiary/aromatic N) is 1. The Kier molecular flexibility index (Phi) is 5.95. The number of unbranched alkanes of at least 4 members (excludes halogenated alkanes) is 1. The molecule has 0 fully saturated rings. The van der Waals surface area contributed by atoms with Gasteiger partial charge in [-0.1, -0.05) is 35.3 Å². The van der Waals surface area contributed by atoms with E-state index in [0.717, 1.165) is 28.7 Å². The maximum Gasteiger partial charge on any atom is 0.225 e. The monoisotopic (exact) mass is 361 g/mol. The zero-order valence-electron chi connectivity index (χ0n) is 12.8. The van der Waals surface area contributed by atoms with Gasteiger partial charge in [-0.2, -0.15) is 0 Å². The van der Waals surface area contributed by atoms with Crippen LogP contribution in [0, 0.1) is 6.92 Å². The molecule has 0 spiro atoms. The summed E-state index contributed by atoms with van der Waals surface area (Å²) in [7, 11) is 0. The quantitative estimate of drug-likeness (QED) is 0.758. The Bertz CT molecular complexity index is 641. The summed E-state index contributed by atoms with van der Waals surface area (Å²) in [6.07, 6.45) is 4.16. The summed E-state index contributed by atoms with van der Waals surface area (Å²) in [5, 5.41) is 6.08. The fourth-order valence-corrected chi connectivity index (χ4v) is 2.30. The Morgan fingerprint density at radius 1 is 1.23 bits per heavy atom. The third kappa shape index (κ3) is 4.84. The molecule has 22 heavy (non-hydrogen) atoms. The van der Waals surface area contributed by atoms with E-state index in [4.69, 9.17) is 0 Å². The minimum atomic E-state index is 0.0116. The smallest absolute Gasteiger partial charge is 0.225 e. The lowest BCUT2D eigenvalue weighted by Gasteiger charge is -2.09. The van der Waals surface area contributed by atoms with Crippen LogP contribution in [0.5, 0.6) is 0 Å². The Hall–Kier alpha value is -1.88. The molecule has 1 aromatic carbocycles. The number of hydrogen-bond donors (Lipinski definition) is 2. The highest BCUT2D eigenvalue weighted by atomic mass is 79.9. The van der Waals surface area contributed by atoms with Gasteiger partial charge in [-0.25, -0.2) is 4.98 Å². The summed E-state index contributed by atoms with van der Waals surface area (Å²) in [5.74, 6) is 0.592. The van der Waals surface area contributed by atoms with E-state index in [1.807, 2.05) is 31.2 Å².